The summed E-state index contributed by atoms with van der Waals surface area (Å²) in [7, 11) is 3.34. The number of aryl methyl sites for hydroxylation is 1. The topological polar surface area (TPSA) is 44.5 Å². The van der Waals surface area contributed by atoms with Crippen LogP contribution in [0.4, 0.5) is 0 Å². The van der Waals surface area contributed by atoms with Gasteiger partial charge in [0.25, 0.3) is 0 Å². The highest BCUT2D eigenvalue weighted by molar-refractivity contribution is 5.48. The Hall–Kier alpha value is -1.22. The van der Waals surface area contributed by atoms with E-state index in [0.29, 0.717) is 12.5 Å². The summed E-state index contributed by atoms with van der Waals surface area (Å²) in [5, 5.41) is 0. The second-order valence-electron chi connectivity index (χ2n) is 6.06. The third kappa shape index (κ3) is 3.63. The summed E-state index contributed by atoms with van der Waals surface area (Å²) >= 11 is 0. The summed E-state index contributed by atoms with van der Waals surface area (Å²) in [5.41, 5.74) is 8.48. The lowest BCUT2D eigenvalue weighted by molar-refractivity contribution is 0.304. The summed E-state index contributed by atoms with van der Waals surface area (Å²) in [6, 6.07) is 4.14. The molecule has 1 aromatic rings. The normalized spacial score (nSPS) is 13.2. The Morgan fingerprint density at radius 2 is 1.63 bits per heavy atom. The van der Waals surface area contributed by atoms with Crippen molar-refractivity contribution < 1.29 is 9.47 Å². The molecule has 0 aliphatic rings. The van der Waals surface area contributed by atoms with Gasteiger partial charge in [0.15, 0.2) is 11.5 Å². The smallest absolute Gasteiger partial charge is 0.161 e. The van der Waals surface area contributed by atoms with Crippen LogP contribution in [0, 0.1) is 12.3 Å². The Kier molecular flexibility index (Phi) is 5.24. The average molecular weight is 265 g/mol. The van der Waals surface area contributed by atoms with Crippen molar-refractivity contribution in [3.8, 4) is 11.5 Å². The van der Waals surface area contributed by atoms with Crippen molar-refractivity contribution >= 4 is 0 Å². The third-order valence-electron chi connectivity index (χ3n) is 3.65. The highest BCUT2D eigenvalue weighted by Crippen LogP contribution is 2.42. The Morgan fingerprint density at radius 1 is 1.11 bits per heavy atom. The quantitative estimate of drug-likeness (QED) is 0.886. The van der Waals surface area contributed by atoms with Gasteiger partial charge in [0, 0.05) is 0 Å². The summed E-state index contributed by atoms with van der Waals surface area (Å²) < 4.78 is 10.8. The number of benzene rings is 1. The lowest BCUT2D eigenvalue weighted by Crippen LogP contribution is -2.22. The lowest BCUT2D eigenvalue weighted by Gasteiger charge is -2.32. The fourth-order valence-corrected chi connectivity index (χ4v) is 2.59. The van der Waals surface area contributed by atoms with Crippen LogP contribution in [-0.2, 0) is 0 Å². The van der Waals surface area contributed by atoms with Crippen LogP contribution in [0.3, 0.4) is 0 Å². The average Bonchev–Trinajstić information content (AvgIpc) is 2.34. The number of methoxy groups -OCH3 is 2. The Balaban J connectivity index is 3.30. The van der Waals surface area contributed by atoms with Crippen molar-refractivity contribution in [2.24, 2.45) is 11.1 Å². The molecule has 0 radical (unpaired) electrons. The van der Waals surface area contributed by atoms with Crippen LogP contribution in [0.1, 0.15) is 44.2 Å². The molecule has 1 aromatic carbocycles. The first-order valence-corrected chi connectivity index (χ1v) is 6.77. The van der Waals surface area contributed by atoms with E-state index in [2.05, 4.69) is 33.8 Å². The van der Waals surface area contributed by atoms with Gasteiger partial charge < -0.3 is 15.2 Å². The minimum absolute atomic E-state index is 0.170. The van der Waals surface area contributed by atoms with Gasteiger partial charge in [-0.15, -0.1) is 0 Å². The van der Waals surface area contributed by atoms with E-state index in [0.717, 1.165) is 17.9 Å². The molecule has 0 heterocycles. The molecule has 0 saturated heterocycles. The largest absolute Gasteiger partial charge is 0.493 e. The molecule has 1 rings (SSSR count). The monoisotopic (exact) mass is 265 g/mol. The van der Waals surface area contributed by atoms with Gasteiger partial charge in [-0.2, -0.15) is 0 Å². The predicted octanol–water partition coefficient (Wildman–Crippen LogP) is 3.49. The Labute approximate surface area is 117 Å². The van der Waals surface area contributed by atoms with Crippen LogP contribution >= 0.6 is 0 Å². The summed E-state index contributed by atoms with van der Waals surface area (Å²) in [4.78, 5) is 0. The van der Waals surface area contributed by atoms with Gasteiger partial charge in [-0.05, 0) is 54.5 Å². The van der Waals surface area contributed by atoms with Crippen molar-refractivity contribution in [1.82, 2.24) is 0 Å². The Morgan fingerprint density at radius 3 is 2.05 bits per heavy atom. The van der Waals surface area contributed by atoms with Crippen LogP contribution in [0.15, 0.2) is 12.1 Å². The summed E-state index contributed by atoms with van der Waals surface area (Å²) in [6.07, 6.45) is 0.972. The minimum atomic E-state index is 0.170. The van der Waals surface area contributed by atoms with Crippen molar-refractivity contribution in [1.29, 1.82) is 0 Å². The molecule has 1 atom stereocenters. The van der Waals surface area contributed by atoms with Crippen LogP contribution < -0.4 is 15.2 Å². The van der Waals surface area contributed by atoms with Gasteiger partial charge in [-0.3, -0.25) is 0 Å². The molecule has 0 amide bonds. The Bertz CT molecular complexity index is 421. The van der Waals surface area contributed by atoms with Crippen LogP contribution in [0.5, 0.6) is 11.5 Å². The molecule has 3 heteroatoms. The standard InChI is InChI=1S/C16H27NO2/c1-11-9-14(18-5)15(19-6)10-12(11)13(7-8-17)16(2,3)4/h9-10,13H,7-8,17H2,1-6H3. The first-order valence-electron chi connectivity index (χ1n) is 6.77. The second-order valence-corrected chi connectivity index (χ2v) is 6.06. The molecule has 108 valence electrons. The maximum absolute atomic E-state index is 5.78. The highest BCUT2D eigenvalue weighted by atomic mass is 16.5. The number of rotatable bonds is 5. The molecular formula is C16H27NO2. The molecule has 0 saturated carbocycles. The maximum Gasteiger partial charge on any atom is 0.161 e. The fraction of sp³-hybridized carbons (Fsp3) is 0.625. The van der Waals surface area contributed by atoms with E-state index in [4.69, 9.17) is 15.2 Å². The van der Waals surface area contributed by atoms with E-state index in [1.54, 1.807) is 14.2 Å². The molecule has 3 nitrogen and oxygen atoms in total. The summed E-state index contributed by atoms with van der Waals surface area (Å²) in [6.45, 7) is 9.57. The van der Waals surface area contributed by atoms with Crippen LogP contribution in [-0.4, -0.2) is 20.8 Å². The number of hydrogen-bond acceptors (Lipinski definition) is 3. The first-order chi connectivity index (χ1) is 8.85. The molecule has 0 aromatic heterocycles. The maximum atomic E-state index is 5.78. The van der Waals surface area contributed by atoms with E-state index in [9.17, 15) is 0 Å². The number of ether oxygens (including phenoxy) is 2. The molecule has 2 N–H and O–H groups in total. The first kappa shape index (κ1) is 15.8. The van der Waals surface area contributed by atoms with Gasteiger partial charge in [-0.25, -0.2) is 0 Å². The summed E-state index contributed by atoms with van der Waals surface area (Å²) in [5.74, 6) is 1.98. The zero-order valence-electron chi connectivity index (χ0n) is 13.0. The molecule has 0 aliphatic heterocycles. The second kappa shape index (κ2) is 6.29. The van der Waals surface area contributed by atoms with Crippen molar-refractivity contribution in [3.63, 3.8) is 0 Å². The zero-order chi connectivity index (χ0) is 14.6. The van der Waals surface area contributed by atoms with Crippen molar-refractivity contribution in [2.75, 3.05) is 20.8 Å². The van der Waals surface area contributed by atoms with E-state index < -0.39 is 0 Å². The molecule has 0 aliphatic carbocycles. The van der Waals surface area contributed by atoms with Crippen LogP contribution in [0.25, 0.3) is 0 Å². The molecule has 0 bridgehead atoms. The van der Waals surface area contributed by atoms with Gasteiger partial charge in [0.05, 0.1) is 14.2 Å². The molecular weight excluding hydrogens is 238 g/mol. The van der Waals surface area contributed by atoms with Gasteiger partial charge >= 0.3 is 0 Å². The van der Waals surface area contributed by atoms with Crippen LogP contribution in [0.2, 0.25) is 0 Å². The highest BCUT2D eigenvalue weighted by Gasteiger charge is 2.27. The predicted molar refractivity (Wildman–Crippen MR) is 80.2 cm³/mol. The third-order valence-corrected chi connectivity index (χ3v) is 3.65. The van der Waals surface area contributed by atoms with Crippen molar-refractivity contribution in [2.45, 2.75) is 40.0 Å². The molecule has 0 fully saturated rings. The fourth-order valence-electron chi connectivity index (χ4n) is 2.59. The number of hydrogen-bond donors (Lipinski definition) is 1. The van der Waals surface area contributed by atoms with E-state index in [-0.39, 0.29) is 5.41 Å². The number of nitrogens with two attached hydrogens (primary N) is 1. The van der Waals surface area contributed by atoms with Gasteiger partial charge in [0.1, 0.15) is 0 Å². The minimum Gasteiger partial charge on any atom is -0.493 e. The zero-order valence-corrected chi connectivity index (χ0v) is 13.0. The van der Waals surface area contributed by atoms with Gasteiger partial charge in [-0.1, -0.05) is 20.8 Å². The molecule has 19 heavy (non-hydrogen) atoms. The SMILES string of the molecule is COc1cc(C)c(C(CCN)C(C)(C)C)cc1OC. The molecule has 1 unspecified atom stereocenters. The van der Waals surface area contributed by atoms with E-state index in [1.165, 1.54) is 11.1 Å². The van der Waals surface area contributed by atoms with Gasteiger partial charge in [0.2, 0.25) is 0 Å². The van der Waals surface area contributed by atoms with Crippen molar-refractivity contribution in [3.05, 3.63) is 23.3 Å². The van der Waals surface area contributed by atoms with E-state index >= 15 is 0 Å². The molecule has 0 spiro atoms. The van der Waals surface area contributed by atoms with E-state index in [1.807, 2.05) is 6.07 Å². The lowest BCUT2D eigenvalue weighted by atomic mass is 9.73.